The molecule has 10 nitrogen and oxygen atoms in total. The normalized spacial score (nSPS) is 20.4. The number of nitrogens with two attached hydrogens (primary N) is 1. The van der Waals surface area contributed by atoms with Gasteiger partial charge in [0, 0.05) is 23.4 Å². The fourth-order valence-corrected chi connectivity index (χ4v) is 4.65. The molecule has 1 aliphatic heterocycles. The Balaban J connectivity index is 1.49. The lowest BCUT2D eigenvalue weighted by atomic mass is 9.91. The molecule has 4 rings (SSSR count). The van der Waals surface area contributed by atoms with E-state index in [4.69, 9.17) is 10.5 Å². The van der Waals surface area contributed by atoms with Gasteiger partial charge in [0.2, 0.25) is 17.7 Å². The van der Waals surface area contributed by atoms with Crippen LogP contribution in [-0.4, -0.2) is 54.4 Å². The highest BCUT2D eigenvalue weighted by atomic mass is 16.5. The zero-order valence-corrected chi connectivity index (χ0v) is 20.1. The second-order valence-electron chi connectivity index (χ2n) is 9.97. The Morgan fingerprint density at radius 2 is 2.00 bits per heavy atom. The van der Waals surface area contributed by atoms with Crippen molar-refractivity contribution < 1.29 is 23.9 Å². The topological polar surface area (TPSA) is 155 Å². The third kappa shape index (κ3) is 5.75. The van der Waals surface area contributed by atoms with E-state index in [2.05, 4.69) is 27.9 Å². The summed E-state index contributed by atoms with van der Waals surface area (Å²) in [5.41, 5.74) is 6.55. The van der Waals surface area contributed by atoms with E-state index in [1.54, 1.807) is 19.2 Å². The van der Waals surface area contributed by atoms with E-state index in [0.717, 1.165) is 30.2 Å². The lowest BCUT2D eigenvalue weighted by Gasteiger charge is -2.27. The van der Waals surface area contributed by atoms with Gasteiger partial charge < -0.3 is 31.4 Å². The van der Waals surface area contributed by atoms with E-state index in [1.165, 1.54) is 0 Å². The summed E-state index contributed by atoms with van der Waals surface area (Å²) in [4.78, 5) is 53.7. The second-order valence-corrected chi connectivity index (χ2v) is 9.97. The minimum Gasteiger partial charge on any atom is -0.496 e. The minimum absolute atomic E-state index is 0.0512. The third-order valence-corrected chi connectivity index (χ3v) is 7.09. The van der Waals surface area contributed by atoms with Crippen molar-refractivity contribution >= 4 is 34.5 Å². The molecule has 188 valence electrons. The van der Waals surface area contributed by atoms with Crippen LogP contribution in [0.25, 0.3) is 10.9 Å². The molecule has 2 unspecified atom stereocenters. The van der Waals surface area contributed by atoms with E-state index in [1.807, 2.05) is 12.1 Å². The molecule has 1 saturated carbocycles. The highest BCUT2D eigenvalue weighted by Gasteiger charge is 2.42. The number of ether oxygens (including phenoxy) is 1. The van der Waals surface area contributed by atoms with E-state index >= 15 is 0 Å². The molecule has 2 heterocycles. The van der Waals surface area contributed by atoms with Crippen molar-refractivity contribution in [3.05, 3.63) is 30.0 Å². The predicted molar refractivity (Wildman–Crippen MR) is 130 cm³/mol. The number of primary amides is 1. The Bertz CT molecular complexity index is 1140. The number of benzene rings is 1. The first-order valence-corrected chi connectivity index (χ1v) is 12.0. The molecule has 0 spiro atoms. The van der Waals surface area contributed by atoms with Gasteiger partial charge >= 0.3 is 0 Å². The smallest absolute Gasteiger partial charge is 0.268 e. The molecule has 10 heteroatoms. The highest BCUT2D eigenvalue weighted by Crippen LogP contribution is 2.49. The Morgan fingerprint density at radius 1 is 1.23 bits per heavy atom. The molecule has 4 amide bonds. The van der Waals surface area contributed by atoms with Crippen molar-refractivity contribution in [2.75, 3.05) is 13.7 Å². The Morgan fingerprint density at radius 3 is 2.66 bits per heavy atom. The van der Waals surface area contributed by atoms with Gasteiger partial charge in [-0.05, 0) is 62.1 Å². The summed E-state index contributed by atoms with van der Waals surface area (Å²) in [6.45, 7) is 2.67. The van der Waals surface area contributed by atoms with Gasteiger partial charge in [-0.2, -0.15) is 0 Å². The zero-order valence-electron chi connectivity index (χ0n) is 20.1. The van der Waals surface area contributed by atoms with Gasteiger partial charge in [-0.25, -0.2) is 0 Å². The van der Waals surface area contributed by atoms with Crippen molar-refractivity contribution in [2.24, 2.45) is 17.1 Å². The Kier molecular flexibility index (Phi) is 7.00. The zero-order chi connectivity index (χ0) is 25.2. The van der Waals surface area contributed by atoms with Crippen LogP contribution in [-0.2, 0) is 14.4 Å². The number of amides is 4. The lowest BCUT2D eigenvalue weighted by molar-refractivity contribution is -0.131. The summed E-state index contributed by atoms with van der Waals surface area (Å²) in [5.74, 6) is -1.52. The summed E-state index contributed by atoms with van der Waals surface area (Å²) in [6.07, 6.45) is 3.92. The first-order chi connectivity index (χ1) is 16.7. The van der Waals surface area contributed by atoms with Crippen molar-refractivity contribution in [2.45, 2.75) is 57.5 Å². The maximum Gasteiger partial charge on any atom is 0.268 e. The van der Waals surface area contributed by atoms with E-state index < -0.39 is 35.7 Å². The number of hydrogen-bond donors (Lipinski definition) is 5. The predicted octanol–water partition coefficient (Wildman–Crippen LogP) is 1.35. The molecule has 1 aromatic carbocycles. The lowest BCUT2D eigenvalue weighted by Crippen LogP contribution is -2.54. The number of carbonyl (C=O) groups excluding carboxylic acids is 4. The molecule has 2 aromatic rings. The third-order valence-electron chi connectivity index (χ3n) is 7.09. The van der Waals surface area contributed by atoms with Gasteiger partial charge in [-0.1, -0.05) is 13.0 Å². The SMILES string of the molecule is COc1cccc2[nH]c(C(=O)NC(CC3(C)CC3)C(=O)NC(C[C@@H]3CCCNC3=O)C(N)=O)cc12. The molecule has 2 aliphatic rings. The molecule has 0 radical (unpaired) electrons. The fraction of sp³-hybridized carbons (Fsp3) is 0.520. The van der Waals surface area contributed by atoms with Gasteiger partial charge in [0.05, 0.1) is 7.11 Å². The van der Waals surface area contributed by atoms with Crippen molar-refractivity contribution in [1.29, 1.82) is 0 Å². The van der Waals surface area contributed by atoms with Crippen molar-refractivity contribution in [3.63, 3.8) is 0 Å². The molecule has 3 atom stereocenters. The number of carbonyl (C=O) groups is 4. The second kappa shape index (κ2) is 9.97. The summed E-state index contributed by atoms with van der Waals surface area (Å²) in [7, 11) is 1.56. The summed E-state index contributed by atoms with van der Waals surface area (Å²) in [6, 6.07) is 5.29. The number of piperidine rings is 1. The van der Waals surface area contributed by atoms with Gasteiger partial charge in [0.25, 0.3) is 5.91 Å². The van der Waals surface area contributed by atoms with Crippen LogP contribution in [0, 0.1) is 11.3 Å². The summed E-state index contributed by atoms with van der Waals surface area (Å²) in [5, 5.41) is 9.07. The van der Waals surface area contributed by atoms with Gasteiger partial charge in [-0.15, -0.1) is 0 Å². The van der Waals surface area contributed by atoms with Crippen molar-refractivity contribution in [1.82, 2.24) is 20.9 Å². The standard InChI is InChI=1S/C25H33N5O5/c1-25(8-9-25)13-19(24(34)29-17(21(26)31)11-14-5-4-10-27-22(14)32)30-23(33)18-12-15-16(28-18)6-3-7-20(15)35-2/h3,6-7,12,14,17,19,28H,4-5,8-11,13H2,1-2H3,(H2,26,31)(H,27,32)(H,29,34)(H,30,33)/t14-,17?,19?/m0/s1. The summed E-state index contributed by atoms with van der Waals surface area (Å²) < 4.78 is 5.36. The minimum atomic E-state index is -1.000. The maximum atomic E-state index is 13.3. The number of hydrogen-bond acceptors (Lipinski definition) is 5. The number of H-pyrrole nitrogens is 1. The number of aromatic nitrogens is 1. The molecular weight excluding hydrogens is 450 g/mol. The Hall–Kier alpha value is -3.56. The molecule has 35 heavy (non-hydrogen) atoms. The number of aromatic amines is 1. The number of methoxy groups -OCH3 is 1. The van der Waals surface area contributed by atoms with Crippen LogP contribution in [0.3, 0.4) is 0 Å². The van der Waals surface area contributed by atoms with Crippen molar-refractivity contribution in [3.8, 4) is 5.75 Å². The Labute approximate surface area is 203 Å². The fourth-order valence-electron chi connectivity index (χ4n) is 4.65. The molecular formula is C25H33N5O5. The van der Waals surface area contributed by atoms with Crippen LogP contribution in [0.1, 0.15) is 55.9 Å². The average Bonchev–Trinajstić information content (AvgIpc) is 3.38. The largest absolute Gasteiger partial charge is 0.496 e. The van der Waals surface area contributed by atoms with E-state index in [-0.39, 0.29) is 17.7 Å². The molecule has 1 aromatic heterocycles. The van der Waals surface area contributed by atoms with Crippen LogP contribution in [0.2, 0.25) is 0 Å². The molecule has 6 N–H and O–H groups in total. The molecule has 1 aliphatic carbocycles. The number of rotatable bonds is 10. The van der Waals surface area contributed by atoms with Crippen LogP contribution in [0.5, 0.6) is 5.75 Å². The summed E-state index contributed by atoms with van der Waals surface area (Å²) >= 11 is 0. The first-order valence-electron chi connectivity index (χ1n) is 12.0. The van der Waals surface area contributed by atoms with Crippen LogP contribution < -0.4 is 26.4 Å². The molecule has 1 saturated heterocycles. The van der Waals surface area contributed by atoms with Gasteiger partial charge in [0.1, 0.15) is 23.5 Å². The number of nitrogens with one attached hydrogen (secondary N) is 4. The maximum absolute atomic E-state index is 13.3. The first kappa shape index (κ1) is 24.6. The van der Waals surface area contributed by atoms with Crippen LogP contribution >= 0.6 is 0 Å². The van der Waals surface area contributed by atoms with E-state index in [0.29, 0.717) is 30.8 Å². The number of fused-ring (bicyclic) bond motifs is 1. The van der Waals surface area contributed by atoms with Crippen LogP contribution in [0.4, 0.5) is 0 Å². The monoisotopic (exact) mass is 483 g/mol. The van der Waals surface area contributed by atoms with Gasteiger partial charge in [0.15, 0.2) is 0 Å². The quantitative estimate of drug-likeness (QED) is 0.345. The highest BCUT2D eigenvalue weighted by molar-refractivity contribution is 6.01. The van der Waals surface area contributed by atoms with Gasteiger partial charge in [-0.3, -0.25) is 19.2 Å². The van der Waals surface area contributed by atoms with E-state index in [9.17, 15) is 19.2 Å². The molecule has 2 fully saturated rings. The van der Waals surface area contributed by atoms with Crippen LogP contribution in [0.15, 0.2) is 24.3 Å². The average molecular weight is 484 g/mol. The molecule has 0 bridgehead atoms.